The molecular weight excluding hydrogens is 365 g/mol. The molecule has 0 spiro atoms. The van der Waals surface area contributed by atoms with E-state index in [2.05, 4.69) is 25.2 Å². The Labute approximate surface area is 149 Å². The molecule has 0 aliphatic carbocycles. The fourth-order valence-corrected chi connectivity index (χ4v) is 3.17. The van der Waals surface area contributed by atoms with Crippen LogP contribution in [0.3, 0.4) is 0 Å². The summed E-state index contributed by atoms with van der Waals surface area (Å²) in [5.41, 5.74) is 3.18. The van der Waals surface area contributed by atoms with Crippen LogP contribution in [0.1, 0.15) is 0 Å². The lowest BCUT2D eigenvalue weighted by molar-refractivity contribution is -0.274. The molecule has 2 N–H and O–H groups in total. The van der Waals surface area contributed by atoms with Crippen molar-refractivity contribution < 1.29 is 17.9 Å². The highest BCUT2D eigenvalue weighted by Crippen LogP contribution is 2.30. The average Bonchev–Trinajstić information content (AvgIpc) is 3.23. The number of alkyl halides is 3. The summed E-state index contributed by atoms with van der Waals surface area (Å²) in [7, 11) is 0. The molecule has 4 rings (SSSR count). The number of ether oxygens (including phenoxy) is 1. The number of aromatic amines is 1. The maximum Gasteiger partial charge on any atom is 0.573 e. The molecule has 0 amide bonds. The zero-order valence-corrected chi connectivity index (χ0v) is 13.9. The van der Waals surface area contributed by atoms with Crippen LogP contribution in [0.15, 0.2) is 54.0 Å². The molecule has 2 aromatic heterocycles. The molecule has 26 heavy (non-hydrogen) atoms. The standard InChI is InChI=1S/C17H11F3N4OS/c18-17(19,20)25-13-4-1-10(2-5-13)15-9-26-16(23-15)22-12-3-6-14-11(7-12)8-21-24-14/h1-9H,(H,21,24)(H,22,23). The number of anilines is 2. The first-order chi connectivity index (χ1) is 12.5. The molecule has 0 aliphatic rings. The number of nitrogens with zero attached hydrogens (tertiary/aromatic N) is 2. The first-order valence-corrected chi connectivity index (χ1v) is 8.36. The maximum atomic E-state index is 12.2. The minimum Gasteiger partial charge on any atom is -0.406 e. The van der Waals surface area contributed by atoms with Gasteiger partial charge in [-0.3, -0.25) is 5.10 Å². The van der Waals surface area contributed by atoms with Crippen molar-refractivity contribution >= 4 is 33.1 Å². The van der Waals surface area contributed by atoms with Gasteiger partial charge in [0.2, 0.25) is 0 Å². The minimum atomic E-state index is -4.70. The first kappa shape index (κ1) is 16.4. The van der Waals surface area contributed by atoms with Crippen LogP contribution in [-0.4, -0.2) is 21.5 Å². The average molecular weight is 376 g/mol. The van der Waals surface area contributed by atoms with E-state index in [1.54, 1.807) is 6.20 Å². The van der Waals surface area contributed by atoms with Crippen LogP contribution in [-0.2, 0) is 0 Å². The molecule has 4 aromatic rings. The van der Waals surface area contributed by atoms with Gasteiger partial charge in [0.05, 0.1) is 17.4 Å². The van der Waals surface area contributed by atoms with Crippen molar-refractivity contribution in [1.82, 2.24) is 15.2 Å². The molecule has 2 aromatic carbocycles. The Morgan fingerprint density at radius 1 is 1.08 bits per heavy atom. The summed E-state index contributed by atoms with van der Waals surface area (Å²) < 4.78 is 40.5. The summed E-state index contributed by atoms with van der Waals surface area (Å²) in [4.78, 5) is 4.47. The first-order valence-electron chi connectivity index (χ1n) is 7.48. The summed E-state index contributed by atoms with van der Waals surface area (Å²) in [5, 5.41) is 13.6. The quantitative estimate of drug-likeness (QED) is 0.505. The Morgan fingerprint density at radius 3 is 2.65 bits per heavy atom. The number of hydrogen-bond donors (Lipinski definition) is 2. The Kier molecular flexibility index (Phi) is 4.00. The number of H-pyrrole nitrogens is 1. The van der Waals surface area contributed by atoms with Gasteiger partial charge in [-0.15, -0.1) is 24.5 Å². The zero-order chi connectivity index (χ0) is 18.1. The van der Waals surface area contributed by atoms with Gasteiger partial charge in [-0.2, -0.15) is 5.10 Å². The third-order valence-corrected chi connectivity index (χ3v) is 4.34. The number of hydrogen-bond acceptors (Lipinski definition) is 5. The van der Waals surface area contributed by atoms with Gasteiger partial charge in [-0.05, 0) is 42.5 Å². The van der Waals surface area contributed by atoms with Crippen LogP contribution in [0.2, 0.25) is 0 Å². The van der Waals surface area contributed by atoms with E-state index in [1.807, 2.05) is 23.6 Å². The lowest BCUT2D eigenvalue weighted by Gasteiger charge is -2.08. The largest absolute Gasteiger partial charge is 0.573 e. The second-order valence-electron chi connectivity index (χ2n) is 5.41. The topological polar surface area (TPSA) is 62.8 Å². The second-order valence-corrected chi connectivity index (χ2v) is 6.27. The lowest BCUT2D eigenvalue weighted by atomic mass is 10.2. The SMILES string of the molecule is FC(F)(F)Oc1ccc(-c2csc(Nc3ccc4[nH]ncc4c3)n2)cc1. The van der Waals surface area contributed by atoms with Crippen LogP contribution < -0.4 is 10.1 Å². The zero-order valence-electron chi connectivity index (χ0n) is 13.0. The van der Waals surface area contributed by atoms with Gasteiger partial charge >= 0.3 is 6.36 Å². The highest BCUT2D eigenvalue weighted by molar-refractivity contribution is 7.14. The van der Waals surface area contributed by atoms with Crippen molar-refractivity contribution in [2.45, 2.75) is 6.36 Å². The normalized spacial score (nSPS) is 11.7. The van der Waals surface area contributed by atoms with E-state index in [9.17, 15) is 13.2 Å². The minimum absolute atomic E-state index is 0.261. The second kappa shape index (κ2) is 6.34. The van der Waals surface area contributed by atoms with Gasteiger partial charge in [-0.1, -0.05) is 0 Å². The molecule has 2 heterocycles. The van der Waals surface area contributed by atoms with E-state index in [-0.39, 0.29) is 5.75 Å². The van der Waals surface area contributed by atoms with Crippen molar-refractivity contribution in [3.63, 3.8) is 0 Å². The van der Waals surface area contributed by atoms with Crippen molar-refractivity contribution in [1.29, 1.82) is 0 Å². The molecule has 132 valence electrons. The number of aromatic nitrogens is 3. The van der Waals surface area contributed by atoms with E-state index < -0.39 is 6.36 Å². The lowest BCUT2D eigenvalue weighted by Crippen LogP contribution is -2.16. The van der Waals surface area contributed by atoms with E-state index >= 15 is 0 Å². The van der Waals surface area contributed by atoms with Gasteiger partial charge < -0.3 is 10.1 Å². The van der Waals surface area contributed by atoms with Gasteiger partial charge in [0.1, 0.15) is 5.75 Å². The van der Waals surface area contributed by atoms with Gasteiger partial charge in [0.15, 0.2) is 5.13 Å². The number of rotatable bonds is 4. The monoisotopic (exact) mass is 376 g/mol. The summed E-state index contributed by atoms with van der Waals surface area (Å²) >= 11 is 1.40. The summed E-state index contributed by atoms with van der Waals surface area (Å²) in [6.07, 6.45) is -2.96. The number of halogens is 3. The van der Waals surface area contributed by atoms with Crippen molar-refractivity contribution in [3.05, 3.63) is 54.0 Å². The molecule has 5 nitrogen and oxygen atoms in total. The number of fused-ring (bicyclic) bond motifs is 1. The third kappa shape index (κ3) is 3.62. The molecule has 0 aliphatic heterocycles. The van der Waals surface area contributed by atoms with Crippen molar-refractivity contribution in [2.75, 3.05) is 5.32 Å². The van der Waals surface area contributed by atoms with E-state index in [1.165, 1.54) is 35.6 Å². The van der Waals surface area contributed by atoms with Gasteiger partial charge in [-0.25, -0.2) is 4.98 Å². The fourth-order valence-electron chi connectivity index (χ4n) is 2.44. The third-order valence-electron chi connectivity index (χ3n) is 3.58. The molecule has 0 radical (unpaired) electrons. The van der Waals surface area contributed by atoms with Crippen LogP contribution in [0.5, 0.6) is 5.75 Å². The highest BCUT2D eigenvalue weighted by atomic mass is 32.1. The van der Waals surface area contributed by atoms with Crippen LogP contribution in [0.25, 0.3) is 22.2 Å². The smallest absolute Gasteiger partial charge is 0.406 e. The van der Waals surface area contributed by atoms with E-state index in [4.69, 9.17) is 0 Å². The summed E-state index contributed by atoms with van der Waals surface area (Å²) in [6.45, 7) is 0. The summed E-state index contributed by atoms with van der Waals surface area (Å²) in [5.74, 6) is -0.261. The van der Waals surface area contributed by atoms with Crippen molar-refractivity contribution in [3.8, 4) is 17.0 Å². The molecule has 9 heteroatoms. The molecule has 0 bridgehead atoms. The molecule has 0 fully saturated rings. The van der Waals surface area contributed by atoms with Gasteiger partial charge in [0.25, 0.3) is 0 Å². The Hall–Kier alpha value is -3.07. The Balaban J connectivity index is 1.50. The Bertz CT molecular complexity index is 1040. The Morgan fingerprint density at radius 2 is 1.88 bits per heavy atom. The molecule has 0 saturated carbocycles. The van der Waals surface area contributed by atoms with Crippen LogP contribution >= 0.6 is 11.3 Å². The highest BCUT2D eigenvalue weighted by Gasteiger charge is 2.30. The summed E-state index contributed by atoms with van der Waals surface area (Å²) in [6, 6.07) is 11.4. The predicted octanol–water partition coefficient (Wildman–Crippen LogP) is 5.33. The van der Waals surface area contributed by atoms with E-state index in [0.717, 1.165) is 16.6 Å². The van der Waals surface area contributed by atoms with Crippen LogP contribution in [0, 0.1) is 0 Å². The van der Waals surface area contributed by atoms with Crippen molar-refractivity contribution in [2.24, 2.45) is 0 Å². The van der Waals surface area contributed by atoms with Gasteiger partial charge in [0, 0.05) is 22.0 Å². The molecular formula is C17H11F3N4OS. The molecule has 0 atom stereocenters. The molecule has 0 saturated heterocycles. The number of thiazole rings is 1. The molecule has 0 unspecified atom stereocenters. The fraction of sp³-hybridized carbons (Fsp3) is 0.0588. The van der Waals surface area contributed by atoms with E-state index in [0.29, 0.717) is 16.4 Å². The number of nitrogens with one attached hydrogen (secondary N) is 2. The number of benzene rings is 2. The van der Waals surface area contributed by atoms with Crippen LogP contribution in [0.4, 0.5) is 24.0 Å². The predicted molar refractivity (Wildman–Crippen MR) is 93.6 cm³/mol. The maximum absolute atomic E-state index is 12.2.